The lowest BCUT2D eigenvalue weighted by Crippen LogP contribution is -2.36. The number of fused-ring (bicyclic) bond motifs is 1. The van der Waals surface area contributed by atoms with Crippen LogP contribution in [0.2, 0.25) is 0 Å². The number of allylic oxidation sites excluding steroid dienone is 3. The van der Waals surface area contributed by atoms with Crippen molar-refractivity contribution in [3.63, 3.8) is 0 Å². The molecule has 0 saturated carbocycles. The maximum atomic E-state index is 13.1. The fourth-order valence-electron chi connectivity index (χ4n) is 3.81. The van der Waals surface area contributed by atoms with Gasteiger partial charge in [0.1, 0.15) is 17.5 Å². The van der Waals surface area contributed by atoms with E-state index in [9.17, 15) is 9.18 Å². The van der Waals surface area contributed by atoms with Gasteiger partial charge in [0.25, 0.3) is 0 Å². The quantitative estimate of drug-likeness (QED) is 0.685. The summed E-state index contributed by atoms with van der Waals surface area (Å²) in [5.41, 5.74) is 2.64. The van der Waals surface area contributed by atoms with E-state index in [4.69, 9.17) is 9.84 Å². The minimum absolute atomic E-state index is 0.304. The van der Waals surface area contributed by atoms with Crippen LogP contribution in [0.15, 0.2) is 54.5 Å². The summed E-state index contributed by atoms with van der Waals surface area (Å²) in [5, 5.41) is 7.84. The number of carbonyl (C=O) groups is 1. The molecule has 1 saturated heterocycles. The summed E-state index contributed by atoms with van der Waals surface area (Å²) in [6.07, 6.45) is 2.61. The number of aromatic nitrogens is 3. The van der Waals surface area contributed by atoms with Gasteiger partial charge in [-0.3, -0.25) is 4.79 Å². The smallest absolute Gasteiger partial charge is 0.166 e. The number of morpholine rings is 1. The number of nitrogens with one attached hydrogen (secondary N) is 1. The molecule has 8 nitrogen and oxygen atoms in total. The number of rotatable bonds is 7. The third-order valence-corrected chi connectivity index (χ3v) is 5.34. The number of halogens is 1. The molecule has 0 spiro atoms. The molecule has 2 aliphatic rings. The second kappa shape index (κ2) is 8.73. The van der Waals surface area contributed by atoms with Gasteiger partial charge in [-0.1, -0.05) is 20.1 Å². The summed E-state index contributed by atoms with van der Waals surface area (Å²) in [6.45, 7) is 13.3. The van der Waals surface area contributed by atoms with E-state index in [1.165, 1.54) is 12.1 Å². The highest BCUT2D eigenvalue weighted by Crippen LogP contribution is 2.37. The highest BCUT2D eigenvalue weighted by atomic mass is 19.1. The van der Waals surface area contributed by atoms with E-state index in [1.54, 1.807) is 4.68 Å². The van der Waals surface area contributed by atoms with Crippen molar-refractivity contribution in [2.24, 2.45) is 0 Å². The molecule has 0 aromatic carbocycles. The first-order valence-corrected chi connectivity index (χ1v) is 10.2. The Bertz CT molecular complexity index is 1040. The lowest BCUT2D eigenvalue weighted by Gasteiger charge is -2.33. The molecule has 2 aromatic rings. The SMILES string of the molecule is C=C(CN1C(C=O)=C(CC)C(=C)n2nc(N3CCOCC3)cc21)Nc1ccc(F)cn1. The molecule has 0 amide bonds. The summed E-state index contributed by atoms with van der Waals surface area (Å²) in [6, 6.07) is 4.81. The van der Waals surface area contributed by atoms with Gasteiger partial charge in [0.15, 0.2) is 12.1 Å². The van der Waals surface area contributed by atoms with Crippen LogP contribution in [0.4, 0.5) is 21.8 Å². The molecule has 9 heteroatoms. The van der Waals surface area contributed by atoms with E-state index in [2.05, 4.69) is 28.4 Å². The van der Waals surface area contributed by atoms with E-state index in [1.807, 2.05) is 17.9 Å². The Kier molecular flexibility index (Phi) is 5.85. The third kappa shape index (κ3) is 4.09. The predicted octanol–water partition coefficient (Wildman–Crippen LogP) is 3.03. The number of aldehydes is 1. The van der Waals surface area contributed by atoms with Crippen molar-refractivity contribution < 1.29 is 13.9 Å². The van der Waals surface area contributed by atoms with Crippen LogP contribution < -0.4 is 15.1 Å². The molecule has 0 aliphatic carbocycles. The molecule has 1 fully saturated rings. The maximum Gasteiger partial charge on any atom is 0.166 e. The second-order valence-electron chi connectivity index (χ2n) is 7.33. The largest absolute Gasteiger partial charge is 0.378 e. The van der Waals surface area contributed by atoms with E-state index in [0.29, 0.717) is 49.1 Å². The maximum absolute atomic E-state index is 13.1. The third-order valence-electron chi connectivity index (χ3n) is 5.34. The van der Waals surface area contributed by atoms with Crippen molar-refractivity contribution >= 4 is 29.4 Å². The molecular weight excluding hydrogens is 399 g/mol. The van der Waals surface area contributed by atoms with Crippen molar-refractivity contribution in [1.29, 1.82) is 0 Å². The molecule has 0 atom stereocenters. The number of hydrogen-bond acceptors (Lipinski definition) is 7. The van der Waals surface area contributed by atoms with Gasteiger partial charge in [0.05, 0.1) is 37.3 Å². The molecule has 31 heavy (non-hydrogen) atoms. The molecule has 2 aliphatic heterocycles. The molecule has 2 aromatic heterocycles. The Morgan fingerprint density at radius 2 is 2.13 bits per heavy atom. The van der Waals surface area contributed by atoms with E-state index < -0.39 is 5.82 Å². The van der Waals surface area contributed by atoms with Crippen LogP contribution in [0.5, 0.6) is 0 Å². The Morgan fingerprint density at radius 1 is 1.35 bits per heavy atom. The van der Waals surface area contributed by atoms with Gasteiger partial charge in [0, 0.05) is 30.4 Å². The summed E-state index contributed by atoms with van der Waals surface area (Å²) in [7, 11) is 0. The number of anilines is 3. The van der Waals surface area contributed by atoms with Gasteiger partial charge in [-0.25, -0.2) is 14.1 Å². The van der Waals surface area contributed by atoms with Crippen molar-refractivity contribution in [2.75, 3.05) is 48.0 Å². The first kappa shape index (κ1) is 20.8. The first-order valence-electron chi connectivity index (χ1n) is 10.2. The van der Waals surface area contributed by atoms with Crippen LogP contribution in [0, 0.1) is 5.82 Å². The van der Waals surface area contributed by atoms with Crippen LogP contribution in [-0.4, -0.2) is 53.9 Å². The number of hydrogen-bond donors (Lipinski definition) is 1. The normalized spacial score (nSPS) is 16.4. The predicted molar refractivity (Wildman–Crippen MR) is 118 cm³/mol. The van der Waals surface area contributed by atoms with Gasteiger partial charge in [-0.2, -0.15) is 0 Å². The average molecular weight is 424 g/mol. The highest BCUT2D eigenvalue weighted by Gasteiger charge is 2.30. The molecule has 1 N–H and O–H groups in total. The topological polar surface area (TPSA) is 75.5 Å². The monoisotopic (exact) mass is 424 g/mol. The van der Waals surface area contributed by atoms with Crippen molar-refractivity contribution in [3.05, 3.63) is 60.3 Å². The minimum Gasteiger partial charge on any atom is -0.378 e. The zero-order valence-corrected chi connectivity index (χ0v) is 17.5. The van der Waals surface area contributed by atoms with Gasteiger partial charge in [-0.05, 0) is 18.6 Å². The summed E-state index contributed by atoms with van der Waals surface area (Å²) in [4.78, 5) is 20.1. The molecule has 0 unspecified atom stereocenters. The minimum atomic E-state index is -0.413. The van der Waals surface area contributed by atoms with Gasteiger partial charge < -0.3 is 19.9 Å². The first-order chi connectivity index (χ1) is 15.0. The Labute approximate surface area is 180 Å². The molecular formula is C22H25FN6O2. The number of ether oxygens (including phenoxy) is 1. The number of carbonyl (C=O) groups excluding carboxylic acids is 1. The standard InChI is InChI=1S/C22H25FN6O2/c1-4-18-16(3)29-22(11-21(26-29)27-7-9-31-10-8-27)28(19(18)14-30)13-15(2)25-20-6-5-17(23)12-24-20/h5-6,11-12,14H,2-4,7-10,13H2,1H3,(H,24,25). The van der Waals surface area contributed by atoms with Crippen LogP contribution >= 0.6 is 0 Å². The van der Waals surface area contributed by atoms with E-state index in [-0.39, 0.29) is 0 Å². The van der Waals surface area contributed by atoms with Crippen molar-refractivity contribution in [3.8, 4) is 0 Å². The van der Waals surface area contributed by atoms with Gasteiger partial charge in [0.2, 0.25) is 0 Å². The summed E-state index contributed by atoms with van der Waals surface area (Å²) in [5.74, 6) is 1.61. The molecule has 0 bridgehead atoms. The lowest BCUT2D eigenvalue weighted by molar-refractivity contribution is -0.105. The average Bonchev–Trinajstić information content (AvgIpc) is 3.23. The molecule has 4 heterocycles. The number of pyridine rings is 1. The highest BCUT2D eigenvalue weighted by molar-refractivity contribution is 5.90. The van der Waals surface area contributed by atoms with Crippen molar-refractivity contribution in [1.82, 2.24) is 14.8 Å². The molecule has 162 valence electrons. The molecule has 0 radical (unpaired) electrons. The van der Waals surface area contributed by atoms with E-state index in [0.717, 1.165) is 42.8 Å². The second-order valence-corrected chi connectivity index (χ2v) is 7.33. The van der Waals surface area contributed by atoms with Gasteiger partial charge in [-0.15, -0.1) is 5.10 Å². The zero-order chi connectivity index (χ0) is 22.0. The van der Waals surface area contributed by atoms with Crippen molar-refractivity contribution in [2.45, 2.75) is 13.3 Å². The van der Waals surface area contributed by atoms with Crippen LogP contribution in [0.1, 0.15) is 13.3 Å². The Hall–Kier alpha value is -3.46. The van der Waals surface area contributed by atoms with Crippen LogP contribution in [-0.2, 0) is 9.53 Å². The fraction of sp³-hybridized carbons (Fsp3) is 0.318. The fourth-order valence-corrected chi connectivity index (χ4v) is 3.81. The van der Waals surface area contributed by atoms with Crippen LogP contribution in [0.3, 0.4) is 0 Å². The van der Waals surface area contributed by atoms with Gasteiger partial charge >= 0.3 is 0 Å². The summed E-state index contributed by atoms with van der Waals surface area (Å²) >= 11 is 0. The lowest BCUT2D eigenvalue weighted by atomic mass is 10.1. The Balaban J connectivity index is 1.65. The van der Waals surface area contributed by atoms with Crippen LogP contribution in [0.25, 0.3) is 5.70 Å². The Morgan fingerprint density at radius 3 is 2.77 bits per heavy atom. The zero-order valence-electron chi connectivity index (χ0n) is 17.5. The molecule has 4 rings (SSSR count). The van der Waals surface area contributed by atoms with E-state index >= 15 is 0 Å². The number of nitrogens with zero attached hydrogens (tertiary/aromatic N) is 5. The summed E-state index contributed by atoms with van der Waals surface area (Å²) < 4.78 is 20.4.